The van der Waals surface area contributed by atoms with Crippen molar-refractivity contribution in [1.82, 2.24) is 14.6 Å². The Kier molecular flexibility index (Phi) is 4.01. The van der Waals surface area contributed by atoms with Crippen molar-refractivity contribution in [3.05, 3.63) is 22.8 Å². The van der Waals surface area contributed by atoms with Crippen LogP contribution in [-0.4, -0.2) is 20.6 Å². The maximum atomic E-state index is 4.52. The molecule has 0 aromatic carbocycles. The quantitative estimate of drug-likeness (QED) is 0.908. The molecule has 1 aliphatic rings. The molecule has 1 fully saturated rings. The molecule has 4 nitrogen and oxygen atoms in total. The summed E-state index contributed by atoms with van der Waals surface area (Å²) in [5, 5.41) is 7.99. The number of rotatable bonds is 2. The van der Waals surface area contributed by atoms with Gasteiger partial charge in [0.05, 0.1) is 0 Å². The van der Waals surface area contributed by atoms with Crippen LogP contribution in [0.3, 0.4) is 0 Å². The summed E-state index contributed by atoms with van der Waals surface area (Å²) in [4.78, 5) is 4.52. The van der Waals surface area contributed by atoms with E-state index in [-0.39, 0.29) is 0 Å². The van der Waals surface area contributed by atoms with E-state index in [4.69, 9.17) is 0 Å². The van der Waals surface area contributed by atoms with Crippen molar-refractivity contribution < 1.29 is 0 Å². The molecule has 0 amide bonds. The van der Waals surface area contributed by atoms with Crippen molar-refractivity contribution in [2.24, 2.45) is 0 Å². The number of pyridine rings is 1. The maximum Gasteiger partial charge on any atom is 0.243 e. The van der Waals surface area contributed by atoms with Crippen molar-refractivity contribution in [3.63, 3.8) is 0 Å². The number of aromatic nitrogens is 3. The van der Waals surface area contributed by atoms with Gasteiger partial charge in [0.15, 0.2) is 5.65 Å². The average Bonchev–Trinajstić information content (AvgIpc) is 2.74. The zero-order valence-electron chi connectivity index (χ0n) is 11.0. The van der Waals surface area contributed by atoms with E-state index in [1.165, 1.54) is 44.9 Å². The Bertz CT molecular complexity index is 543. The van der Waals surface area contributed by atoms with Crippen molar-refractivity contribution in [2.45, 2.75) is 51.0 Å². The second-order valence-corrected chi connectivity index (χ2v) is 6.19. The summed E-state index contributed by atoms with van der Waals surface area (Å²) in [6.45, 7) is 0. The maximum absolute atomic E-state index is 4.52. The molecule has 0 bridgehead atoms. The zero-order valence-corrected chi connectivity index (χ0v) is 12.6. The number of hydrogen-bond donors (Lipinski definition) is 1. The van der Waals surface area contributed by atoms with Gasteiger partial charge in [0, 0.05) is 16.7 Å². The number of nitrogens with one attached hydrogen (secondary N) is 1. The van der Waals surface area contributed by atoms with Gasteiger partial charge in [0.1, 0.15) is 0 Å². The second-order valence-electron chi connectivity index (χ2n) is 5.27. The van der Waals surface area contributed by atoms with Crippen LogP contribution in [0.1, 0.15) is 44.9 Å². The van der Waals surface area contributed by atoms with E-state index in [0.717, 1.165) is 16.1 Å². The molecular formula is C14H19BrN4. The van der Waals surface area contributed by atoms with Gasteiger partial charge in [0.2, 0.25) is 5.95 Å². The Hall–Kier alpha value is -1.10. The lowest BCUT2D eigenvalue weighted by atomic mass is 9.97. The predicted molar refractivity (Wildman–Crippen MR) is 80.4 cm³/mol. The Morgan fingerprint density at radius 1 is 1.11 bits per heavy atom. The third-order valence-corrected chi connectivity index (χ3v) is 4.20. The summed E-state index contributed by atoms with van der Waals surface area (Å²) in [5.41, 5.74) is 0.886. The highest BCUT2D eigenvalue weighted by atomic mass is 79.9. The van der Waals surface area contributed by atoms with Crippen LogP contribution < -0.4 is 5.32 Å². The van der Waals surface area contributed by atoms with Gasteiger partial charge >= 0.3 is 0 Å². The third-order valence-electron chi connectivity index (χ3n) is 3.73. The zero-order chi connectivity index (χ0) is 13.1. The molecule has 3 rings (SSSR count). The van der Waals surface area contributed by atoms with Crippen LogP contribution in [-0.2, 0) is 0 Å². The van der Waals surface area contributed by atoms with Crippen LogP contribution in [0.15, 0.2) is 22.8 Å². The minimum atomic E-state index is 0.529. The van der Waals surface area contributed by atoms with Crippen molar-refractivity contribution in [1.29, 1.82) is 0 Å². The van der Waals surface area contributed by atoms with Crippen LogP contribution in [0.5, 0.6) is 0 Å². The molecule has 0 aliphatic heterocycles. The Morgan fingerprint density at radius 2 is 1.84 bits per heavy atom. The van der Waals surface area contributed by atoms with Gasteiger partial charge in [-0.1, -0.05) is 32.1 Å². The lowest BCUT2D eigenvalue weighted by molar-refractivity contribution is 0.470. The van der Waals surface area contributed by atoms with Crippen LogP contribution in [0, 0.1) is 0 Å². The standard InChI is InChI=1S/C14H19BrN4/c15-11-8-9-13-17-14(18-19(13)10-11)16-12-6-4-2-1-3-5-7-12/h8-10,12H,1-7H2,(H,16,18). The molecule has 1 saturated carbocycles. The highest BCUT2D eigenvalue weighted by Gasteiger charge is 2.13. The largest absolute Gasteiger partial charge is 0.350 e. The predicted octanol–water partition coefficient (Wildman–Crippen LogP) is 4.02. The fraction of sp³-hybridized carbons (Fsp3) is 0.571. The number of fused-ring (bicyclic) bond motifs is 1. The highest BCUT2D eigenvalue weighted by molar-refractivity contribution is 9.10. The monoisotopic (exact) mass is 322 g/mol. The molecule has 0 spiro atoms. The van der Waals surface area contributed by atoms with E-state index in [1.54, 1.807) is 0 Å². The lowest BCUT2D eigenvalue weighted by Gasteiger charge is -2.19. The summed E-state index contributed by atoms with van der Waals surface area (Å²) >= 11 is 3.45. The van der Waals surface area contributed by atoms with E-state index in [0.29, 0.717) is 6.04 Å². The van der Waals surface area contributed by atoms with Crippen molar-refractivity contribution in [2.75, 3.05) is 5.32 Å². The minimum Gasteiger partial charge on any atom is -0.350 e. The van der Waals surface area contributed by atoms with Gasteiger partial charge in [-0.15, -0.1) is 5.10 Å². The first-order valence-corrected chi connectivity index (χ1v) is 7.89. The molecule has 5 heteroatoms. The summed E-state index contributed by atoms with van der Waals surface area (Å²) in [6.07, 6.45) is 11.2. The minimum absolute atomic E-state index is 0.529. The van der Waals surface area contributed by atoms with E-state index < -0.39 is 0 Å². The molecule has 2 aromatic heterocycles. The summed E-state index contributed by atoms with van der Waals surface area (Å²) < 4.78 is 2.83. The topological polar surface area (TPSA) is 42.2 Å². The van der Waals surface area contributed by atoms with Crippen LogP contribution >= 0.6 is 15.9 Å². The fourth-order valence-electron chi connectivity index (χ4n) is 2.70. The Balaban J connectivity index is 1.72. The number of hydrogen-bond acceptors (Lipinski definition) is 3. The molecule has 19 heavy (non-hydrogen) atoms. The van der Waals surface area contributed by atoms with E-state index in [1.807, 2.05) is 22.8 Å². The average molecular weight is 323 g/mol. The molecule has 0 unspecified atom stereocenters. The normalized spacial score (nSPS) is 18.2. The summed E-state index contributed by atoms with van der Waals surface area (Å²) in [6, 6.07) is 4.49. The Labute approximate surface area is 121 Å². The van der Waals surface area contributed by atoms with Crippen LogP contribution in [0.2, 0.25) is 0 Å². The molecular weight excluding hydrogens is 304 g/mol. The van der Waals surface area contributed by atoms with Crippen molar-refractivity contribution >= 4 is 27.5 Å². The number of nitrogens with zero attached hydrogens (tertiary/aromatic N) is 3. The van der Waals surface area contributed by atoms with Crippen LogP contribution in [0.25, 0.3) is 5.65 Å². The molecule has 0 saturated heterocycles. The lowest BCUT2D eigenvalue weighted by Crippen LogP contribution is -2.21. The summed E-state index contributed by atoms with van der Waals surface area (Å²) in [5.74, 6) is 0.753. The molecule has 0 atom stereocenters. The van der Waals surface area contributed by atoms with Gasteiger partial charge < -0.3 is 5.32 Å². The smallest absolute Gasteiger partial charge is 0.243 e. The van der Waals surface area contributed by atoms with Gasteiger partial charge in [-0.3, -0.25) is 0 Å². The van der Waals surface area contributed by atoms with E-state index in [9.17, 15) is 0 Å². The first kappa shape index (κ1) is 12.9. The van der Waals surface area contributed by atoms with Gasteiger partial charge in [-0.2, -0.15) is 4.98 Å². The SMILES string of the molecule is Brc1ccc2nc(NC3CCCCCCC3)nn2c1. The molecule has 2 aromatic rings. The molecule has 102 valence electrons. The number of halogens is 1. The van der Waals surface area contributed by atoms with Gasteiger partial charge in [0.25, 0.3) is 0 Å². The summed E-state index contributed by atoms with van der Waals surface area (Å²) in [7, 11) is 0. The van der Waals surface area contributed by atoms with E-state index in [2.05, 4.69) is 31.3 Å². The third kappa shape index (κ3) is 3.26. The van der Waals surface area contributed by atoms with Gasteiger partial charge in [-0.25, -0.2) is 4.52 Å². The molecule has 0 radical (unpaired) electrons. The first-order chi connectivity index (χ1) is 9.31. The fourth-order valence-corrected chi connectivity index (χ4v) is 3.03. The second kappa shape index (κ2) is 5.90. The molecule has 2 heterocycles. The van der Waals surface area contributed by atoms with Crippen molar-refractivity contribution in [3.8, 4) is 0 Å². The number of anilines is 1. The molecule has 1 N–H and O–H groups in total. The highest BCUT2D eigenvalue weighted by Crippen LogP contribution is 2.20. The first-order valence-electron chi connectivity index (χ1n) is 7.10. The van der Waals surface area contributed by atoms with Crippen LogP contribution in [0.4, 0.5) is 5.95 Å². The van der Waals surface area contributed by atoms with E-state index >= 15 is 0 Å². The van der Waals surface area contributed by atoms with Gasteiger partial charge in [-0.05, 0) is 40.9 Å². The Morgan fingerprint density at radius 3 is 2.63 bits per heavy atom. The molecule has 1 aliphatic carbocycles.